The SMILES string of the molecule is N[C@@H]1C[C@H](F)CN1C(=O)CN1CC[C@H](Nc2cc(C(F)(F)F)cc3ncccc23)C1. The fraction of sp³-hybridized carbons (Fsp3) is 0.500. The number of rotatable bonds is 4. The molecule has 3 N–H and O–H groups in total. The van der Waals surface area contributed by atoms with E-state index in [0.717, 1.165) is 12.1 Å². The highest BCUT2D eigenvalue weighted by atomic mass is 19.4. The number of amides is 1. The summed E-state index contributed by atoms with van der Waals surface area (Å²) in [6.07, 6.45) is -3.90. The Hall–Kier alpha value is -2.46. The second kappa shape index (κ2) is 7.99. The first kappa shape index (κ1) is 20.8. The molecule has 4 rings (SSSR count). The number of nitrogens with one attached hydrogen (secondary N) is 1. The molecule has 2 aromatic rings. The molecule has 1 aromatic heterocycles. The molecule has 0 saturated carbocycles. The van der Waals surface area contributed by atoms with Gasteiger partial charge in [0.15, 0.2) is 0 Å². The molecule has 2 aliphatic heterocycles. The molecule has 30 heavy (non-hydrogen) atoms. The van der Waals surface area contributed by atoms with Crippen molar-refractivity contribution in [3.63, 3.8) is 0 Å². The number of hydrogen-bond donors (Lipinski definition) is 2. The van der Waals surface area contributed by atoms with Crippen LogP contribution in [0.3, 0.4) is 0 Å². The van der Waals surface area contributed by atoms with Gasteiger partial charge >= 0.3 is 6.18 Å². The van der Waals surface area contributed by atoms with E-state index in [1.165, 1.54) is 11.1 Å². The van der Waals surface area contributed by atoms with Gasteiger partial charge < -0.3 is 16.0 Å². The van der Waals surface area contributed by atoms with Crippen molar-refractivity contribution in [3.05, 3.63) is 36.0 Å². The highest BCUT2D eigenvalue weighted by molar-refractivity contribution is 5.92. The number of nitrogens with zero attached hydrogens (tertiary/aromatic N) is 3. The lowest BCUT2D eigenvalue weighted by Gasteiger charge is -2.24. The van der Waals surface area contributed by atoms with Gasteiger partial charge in [-0.15, -0.1) is 0 Å². The molecular weight excluding hydrogens is 402 g/mol. The minimum atomic E-state index is -4.47. The second-order valence-electron chi connectivity index (χ2n) is 7.90. The third kappa shape index (κ3) is 4.34. The summed E-state index contributed by atoms with van der Waals surface area (Å²) in [4.78, 5) is 19.8. The smallest absolute Gasteiger partial charge is 0.380 e. The largest absolute Gasteiger partial charge is 0.416 e. The van der Waals surface area contributed by atoms with Crippen LogP contribution in [0.2, 0.25) is 0 Å². The molecule has 0 spiro atoms. The fourth-order valence-electron chi connectivity index (χ4n) is 4.16. The van der Waals surface area contributed by atoms with Crippen LogP contribution in [0.4, 0.5) is 23.2 Å². The third-order valence-corrected chi connectivity index (χ3v) is 5.65. The number of halogens is 4. The minimum absolute atomic E-state index is 0.0126. The van der Waals surface area contributed by atoms with Crippen molar-refractivity contribution in [2.24, 2.45) is 5.73 Å². The molecule has 0 aliphatic carbocycles. The van der Waals surface area contributed by atoms with Gasteiger partial charge in [-0.05, 0) is 30.7 Å². The van der Waals surface area contributed by atoms with E-state index in [2.05, 4.69) is 10.3 Å². The van der Waals surface area contributed by atoms with Crippen molar-refractivity contribution in [3.8, 4) is 0 Å². The molecule has 0 bridgehead atoms. The van der Waals surface area contributed by atoms with Gasteiger partial charge in [0.2, 0.25) is 5.91 Å². The lowest BCUT2D eigenvalue weighted by Crippen LogP contribution is -2.46. The quantitative estimate of drug-likeness (QED) is 0.737. The van der Waals surface area contributed by atoms with E-state index in [0.29, 0.717) is 30.6 Å². The first-order valence-corrected chi connectivity index (χ1v) is 9.84. The number of alkyl halides is 4. The summed E-state index contributed by atoms with van der Waals surface area (Å²) in [5.41, 5.74) is 5.69. The van der Waals surface area contributed by atoms with Crippen LogP contribution >= 0.6 is 0 Å². The van der Waals surface area contributed by atoms with Crippen molar-refractivity contribution in [1.82, 2.24) is 14.8 Å². The van der Waals surface area contributed by atoms with Gasteiger partial charge in [0.25, 0.3) is 0 Å². The topological polar surface area (TPSA) is 74.5 Å². The maximum atomic E-state index is 13.5. The summed E-state index contributed by atoms with van der Waals surface area (Å²) in [6.45, 7) is 1.23. The number of anilines is 1. The zero-order valence-corrected chi connectivity index (χ0v) is 16.2. The molecule has 1 amide bonds. The average molecular weight is 425 g/mol. The number of fused-ring (bicyclic) bond motifs is 1. The normalized spacial score (nSPS) is 25.2. The Balaban J connectivity index is 1.44. The van der Waals surface area contributed by atoms with Crippen LogP contribution in [0.15, 0.2) is 30.5 Å². The monoisotopic (exact) mass is 425 g/mol. The van der Waals surface area contributed by atoms with Crippen molar-refractivity contribution in [2.45, 2.75) is 37.4 Å². The molecule has 162 valence electrons. The van der Waals surface area contributed by atoms with Crippen LogP contribution in [0.25, 0.3) is 10.9 Å². The van der Waals surface area contributed by atoms with Gasteiger partial charge in [-0.3, -0.25) is 14.7 Å². The first-order valence-electron chi connectivity index (χ1n) is 9.84. The second-order valence-corrected chi connectivity index (χ2v) is 7.90. The molecule has 2 fully saturated rings. The Morgan fingerprint density at radius 3 is 2.80 bits per heavy atom. The van der Waals surface area contributed by atoms with E-state index < -0.39 is 24.1 Å². The van der Waals surface area contributed by atoms with Gasteiger partial charge in [0, 0.05) is 42.8 Å². The highest BCUT2D eigenvalue weighted by Gasteiger charge is 2.35. The molecule has 6 nitrogen and oxygen atoms in total. The maximum Gasteiger partial charge on any atom is 0.416 e. The fourth-order valence-corrected chi connectivity index (χ4v) is 4.16. The Morgan fingerprint density at radius 1 is 1.30 bits per heavy atom. The predicted molar refractivity (Wildman–Crippen MR) is 104 cm³/mol. The first-order chi connectivity index (χ1) is 14.2. The van der Waals surface area contributed by atoms with E-state index in [9.17, 15) is 22.4 Å². The van der Waals surface area contributed by atoms with Gasteiger partial charge in [0.05, 0.1) is 30.3 Å². The van der Waals surface area contributed by atoms with Crippen molar-refractivity contribution in [1.29, 1.82) is 0 Å². The average Bonchev–Trinajstić information content (AvgIpc) is 3.26. The van der Waals surface area contributed by atoms with Gasteiger partial charge in [0.1, 0.15) is 6.17 Å². The van der Waals surface area contributed by atoms with E-state index >= 15 is 0 Å². The molecule has 3 heterocycles. The Labute approximate surface area is 171 Å². The molecule has 3 atom stereocenters. The van der Waals surface area contributed by atoms with Crippen LogP contribution in [0.1, 0.15) is 18.4 Å². The molecule has 2 saturated heterocycles. The number of carbonyl (C=O) groups is 1. The van der Waals surface area contributed by atoms with Gasteiger partial charge in [-0.2, -0.15) is 13.2 Å². The molecule has 0 radical (unpaired) electrons. The predicted octanol–water partition coefficient (Wildman–Crippen LogP) is 2.60. The number of carbonyl (C=O) groups excluding carboxylic acids is 1. The van der Waals surface area contributed by atoms with E-state index in [1.807, 2.05) is 4.90 Å². The molecule has 0 unspecified atom stereocenters. The summed E-state index contributed by atoms with van der Waals surface area (Å²) in [7, 11) is 0. The number of hydrogen-bond acceptors (Lipinski definition) is 5. The zero-order valence-electron chi connectivity index (χ0n) is 16.2. The Bertz CT molecular complexity index is 937. The molecule has 10 heteroatoms. The van der Waals surface area contributed by atoms with Crippen LogP contribution < -0.4 is 11.1 Å². The lowest BCUT2D eigenvalue weighted by atomic mass is 10.1. The van der Waals surface area contributed by atoms with E-state index in [4.69, 9.17) is 5.73 Å². The van der Waals surface area contributed by atoms with Crippen molar-refractivity contribution >= 4 is 22.5 Å². The summed E-state index contributed by atoms with van der Waals surface area (Å²) in [6, 6.07) is 5.42. The molecule has 2 aliphatic rings. The standard InChI is InChI=1S/C20H23F4N5O/c21-13-8-18(25)29(9-13)19(30)11-28-5-3-14(10-28)27-17-7-12(20(22,23)24)6-16-15(17)2-1-4-26-16/h1-2,4,6-7,13-14,18,27H,3,5,8-11,25H2/t13-,14-,18-/m0/s1. The van der Waals surface area contributed by atoms with Crippen LogP contribution in [-0.2, 0) is 11.0 Å². The highest BCUT2D eigenvalue weighted by Crippen LogP contribution is 2.35. The number of aromatic nitrogens is 1. The van der Waals surface area contributed by atoms with Crippen LogP contribution in [-0.4, -0.2) is 65.2 Å². The molecular formula is C20H23F4N5O. The number of likely N-dealkylation sites (tertiary alicyclic amines) is 2. The lowest BCUT2D eigenvalue weighted by molar-refractivity contribution is -0.137. The summed E-state index contributed by atoms with van der Waals surface area (Å²) in [5, 5.41) is 3.80. The number of benzene rings is 1. The minimum Gasteiger partial charge on any atom is -0.380 e. The Morgan fingerprint density at radius 2 is 2.10 bits per heavy atom. The van der Waals surface area contributed by atoms with Crippen molar-refractivity contribution in [2.75, 3.05) is 31.5 Å². The van der Waals surface area contributed by atoms with Crippen molar-refractivity contribution < 1.29 is 22.4 Å². The summed E-state index contributed by atoms with van der Waals surface area (Å²) >= 11 is 0. The van der Waals surface area contributed by atoms with E-state index in [1.54, 1.807) is 12.1 Å². The van der Waals surface area contributed by atoms with Crippen LogP contribution in [0.5, 0.6) is 0 Å². The van der Waals surface area contributed by atoms with Crippen LogP contribution in [0, 0.1) is 0 Å². The zero-order chi connectivity index (χ0) is 21.5. The third-order valence-electron chi connectivity index (χ3n) is 5.65. The molecule has 1 aromatic carbocycles. The van der Waals surface area contributed by atoms with Gasteiger partial charge in [-0.1, -0.05) is 0 Å². The summed E-state index contributed by atoms with van der Waals surface area (Å²) < 4.78 is 53.3. The number of nitrogens with two attached hydrogens (primary N) is 1. The van der Waals surface area contributed by atoms with Gasteiger partial charge in [-0.25, -0.2) is 4.39 Å². The Kier molecular flexibility index (Phi) is 5.54. The van der Waals surface area contributed by atoms with E-state index in [-0.39, 0.29) is 37.0 Å². The summed E-state index contributed by atoms with van der Waals surface area (Å²) in [5.74, 6) is -0.225. The number of pyridine rings is 1. The maximum absolute atomic E-state index is 13.5.